The molecule has 0 amide bonds. The Bertz CT molecular complexity index is 581. The maximum atomic E-state index is 3.52. The van der Waals surface area contributed by atoms with E-state index in [9.17, 15) is 0 Å². The van der Waals surface area contributed by atoms with Gasteiger partial charge in [-0.2, -0.15) is 0 Å². The van der Waals surface area contributed by atoms with E-state index in [0.29, 0.717) is 0 Å². The SMILES string of the molecule is C[Si](C)(C)[N]([Si](C)(C)C)[Ge]([N]([Si](C)(C)C)[Si](C)(C)C)([N]([Si](C)(C)C)[Si](C)(C)C)[N]([Si](C)(C)C)[Si](C)(C)C. The second-order valence-corrected chi connectivity index (χ2v) is 73.2. The fourth-order valence-electron chi connectivity index (χ4n) is 8.22. The Morgan fingerprint density at radius 3 is 0.351 bits per heavy atom. The van der Waals surface area contributed by atoms with Crippen molar-refractivity contribution in [2.24, 2.45) is 0 Å². The van der Waals surface area contributed by atoms with Gasteiger partial charge in [-0.25, -0.2) is 0 Å². The molecular weight excluding hydrogens is 642 g/mol. The predicted molar refractivity (Wildman–Crippen MR) is 200 cm³/mol. The van der Waals surface area contributed by atoms with Crippen LogP contribution < -0.4 is 0 Å². The first-order chi connectivity index (χ1) is 15.5. The van der Waals surface area contributed by atoms with Crippen LogP contribution in [0.4, 0.5) is 0 Å². The summed E-state index contributed by atoms with van der Waals surface area (Å²) in [5, 5.41) is 0. The first-order valence-electron chi connectivity index (χ1n) is 14.7. The van der Waals surface area contributed by atoms with E-state index in [1.54, 1.807) is 0 Å². The summed E-state index contributed by atoms with van der Waals surface area (Å²) < 4.78 is 14.1. The molecule has 0 aliphatic heterocycles. The molecule has 0 aromatic heterocycles. The average Bonchev–Trinajstić information content (AvgIpc) is 2.30. The Morgan fingerprint density at radius 2 is 0.297 bits per heavy atom. The summed E-state index contributed by atoms with van der Waals surface area (Å²) in [7, 11) is -13.9. The van der Waals surface area contributed by atoms with Crippen LogP contribution >= 0.6 is 0 Å². The van der Waals surface area contributed by atoms with Gasteiger partial charge in [0.1, 0.15) is 0 Å². The molecule has 0 bridgehead atoms. The summed E-state index contributed by atoms with van der Waals surface area (Å²) in [4.78, 5) is 0. The predicted octanol–water partition coefficient (Wildman–Crippen LogP) is 9.31. The minimum absolute atomic E-state index is 1.73. The zero-order chi connectivity index (χ0) is 30.8. The van der Waals surface area contributed by atoms with E-state index in [1.807, 2.05) is 0 Å². The van der Waals surface area contributed by atoms with Crippen LogP contribution in [0, 0.1) is 0 Å². The molecule has 0 aromatic carbocycles. The minimum atomic E-state index is -3.42. The molecule has 0 unspecified atom stereocenters. The van der Waals surface area contributed by atoms with E-state index < -0.39 is 80.0 Å². The van der Waals surface area contributed by atoms with Crippen LogP contribution in [-0.2, 0) is 0 Å². The molecular formula is C24H72GeN4Si8. The molecule has 0 saturated heterocycles. The fourth-order valence-corrected chi connectivity index (χ4v) is 120. The molecule has 224 valence electrons. The van der Waals surface area contributed by atoms with Gasteiger partial charge in [-0.15, -0.1) is 0 Å². The molecule has 0 aliphatic carbocycles. The van der Waals surface area contributed by atoms with E-state index >= 15 is 0 Å². The average molecular weight is 714 g/mol. The molecule has 0 rings (SSSR count). The molecule has 0 aromatic rings. The van der Waals surface area contributed by atoms with Gasteiger partial charge in [-0.3, -0.25) is 0 Å². The molecule has 0 heterocycles. The Hall–Kier alpha value is 2.12. The van der Waals surface area contributed by atoms with Crippen LogP contribution in [0.1, 0.15) is 0 Å². The van der Waals surface area contributed by atoms with Crippen molar-refractivity contribution in [2.75, 3.05) is 0 Å². The van der Waals surface area contributed by atoms with Crippen LogP contribution in [0.5, 0.6) is 0 Å². The Kier molecular flexibility index (Phi) is 12.0. The van der Waals surface area contributed by atoms with Gasteiger partial charge in [0, 0.05) is 0 Å². The maximum absolute atomic E-state index is 3.52. The zero-order valence-corrected chi connectivity index (χ0v) is 40.4. The van der Waals surface area contributed by atoms with E-state index in [-0.39, 0.29) is 0 Å². The molecule has 0 aliphatic rings. The van der Waals surface area contributed by atoms with Crippen molar-refractivity contribution >= 4 is 80.0 Å². The van der Waals surface area contributed by atoms with Gasteiger partial charge in [0.15, 0.2) is 0 Å². The van der Waals surface area contributed by atoms with Crippen LogP contribution in [0.3, 0.4) is 0 Å². The van der Waals surface area contributed by atoms with Gasteiger partial charge in [-0.1, -0.05) is 0 Å². The summed E-state index contributed by atoms with van der Waals surface area (Å²) in [6.07, 6.45) is 0. The summed E-state index contributed by atoms with van der Waals surface area (Å²) in [6.45, 7) is 65.3. The van der Waals surface area contributed by atoms with Gasteiger partial charge in [0.25, 0.3) is 0 Å². The Labute approximate surface area is 248 Å². The second-order valence-electron chi connectivity index (χ2n) is 19.3. The molecule has 0 spiro atoms. The fraction of sp³-hybridized carbons (Fsp3) is 1.00. The summed E-state index contributed by atoms with van der Waals surface area (Å²) in [5.74, 6) is 0. The molecule has 0 atom stereocenters. The molecule has 0 saturated carbocycles. The molecule has 0 fully saturated rings. The molecule has 13 heteroatoms. The zero-order valence-electron chi connectivity index (χ0n) is 30.3. The third-order valence-corrected chi connectivity index (χ3v) is 84.7. The van der Waals surface area contributed by atoms with Crippen molar-refractivity contribution in [3.63, 3.8) is 0 Å². The van der Waals surface area contributed by atoms with Gasteiger partial charge >= 0.3 is 250 Å². The van der Waals surface area contributed by atoms with Crippen LogP contribution in [0.15, 0.2) is 0 Å². The van der Waals surface area contributed by atoms with Crippen LogP contribution in [0.2, 0.25) is 157 Å². The summed E-state index contributed by atoms with van der Waals surface area (Å²) >= 11 is -3.42. The first-order valence-corrected chi connectivity index (χ1v) is 46.0. The summed E-state index contributed by atoms with van der Waals surface area (Å²) in [5.41, 5.74) is 0. The van der Waals surface area contributed by atoms with Crippen molar-refractivity contribution in [2.45, 2.75) is 157 Å². The van der Waals surface area contributed by atoms with Crippen molar-refractivity contribution in [1.29, 1.82) is 0 Å². The topological polar surface area (TPSA) is 13.0 Å². The molecule has 4 nitrogen and oxygen atoms in total. The van der Waals surface area contributed by atoms with E-state index in [1.165, 1.54) is 0 Å². The van der Waals surface area contributed by atoms with Gasteiger partial charge < -0.3 is 0 Å². The van der Waals surface area contributed by atoms with Gasteiger partial charge in [0.2, 0.25) is 0 Å². The normalized spacial score (nSPS) is 16.5. The number of rotatable bonds is 12. The number of hydrogen-bond acceptors (Lipinski definition) is 4. The summed E-state index contributed by atoms with van der Waals surface area (Å²) in [6, 6.07) is 0. The molecule has 0 N–H and O–H groups in total. The monoisotopic (exact) mass is 714 g/mol. The van der Waals surface area contributed by atoms with Crippen molar-refractivity contribution in [3.8, 4) is 0 Å². The van der Waals surface area contributed by atoms with E-state index in [4.69, 9.17) is 0 Å². The van der Waals surface area contributed by atoms with Crippen molar-refractivity contribution in [3.05, 3.63) is 0 Å². The molecule has 0 radical (unpaired) electrons. The standard InChI is InChI=1S/C24H72GeN4Si8/c1-30(2,3)26(31(4,5)6)25(27(32(7,8)9)33(10,11)12,28(34(13,14)15)35(16,17)18)29(36(19,20)21)37(22,23)24/h1-24H3. The number of hydrogen-bond donors (Lipinski definition) is 0. The van der Waals surface area contributed by atoms with E-state index in [2.05, 4.69) is 170 Å². The number of nitrogens with zero attached hydrogens (tertiary/aromatic N) is 4. The first kappa shape index (κ1) is 39.1. The second kappa shape index (κ2) is 11.3. The van der Waals surface area contributed by atoms with E-state index in [0.717, 1.165) is 0 Å². The Morgan fingerprint density at radius 1 is 0.216 bits per heavy atom. The van der Waals surface area contributed by atoms with Crippen molar-refractivity contribution in [1.82, 2.24) is 12.8 Å². The quantitative estimate of drug-likeness (QED) is 0.187. The third kappa shape index (κ3) is 9.05. The van der Waals surface area contributed by atoms with Gasteiger partial charge in [0.05, 0.1) is 0 Å². The third-order valence-electron chi connectivity index (χ3n) is 6.57. The molecule has 37 heavy (non-hydrogen) atoms. The van der Waals surface area contributed by atoms with Crippen LogP contribution in [-0.4, -0.2) is 92.8 Å². The van der Waals surface area contributed by atoms with Crippen LogP contribution in [0.25, 0.3) is 0 Å². The van der Waals surface area contributed by atoms with Gasteiger partial charge in [-0.05, 0) is 0 Å². The Balaban J connectivity index is 9.26. The van der Waals surface area contributed by atoms with Crippen molar-refractivity contribution < 1.29 is 0 Å².